The molecule has 0 aromatic carbocycles. The summed E-state index contributed by atoms with van der Waals surface area (Å²) in [6.07, 6.45) is 3.56. The molecule has 2 N–H and O–H groups in total. The van der Waals surface area contributed by atoms with Crippen LogP contribution in [0.4, 0.5) is 0 Å². The zero-order valence-electron chi connectivity index (χ0n) is 14.9. The number of amides is 2. The average Bonchev–Trinajstić information content (AvgIpc) is 3.10. The van der Waals surface area contributed by atoms with E-state index >= 15 is 0 Å². The Morgan fingerprint density at radius 1 is 1.24 bits per heavy atom. The van der Waals surface area contributed by atoms with Gasteiger partial charge in [-0.3, -0.25) is 9.59 Å². The van der Waals surface area contributed by atoms with Gasteiger partial charge >= 0.3 is 0 Å². The van der Waals surface area contributed by atoms with Gasteiger partial charge in [0.05, 0.1) is 4.88 Å². The van der Waals surface area contributed by atoms with E-state index in [2.05, 4.69) is 13.8 Å². The maximum Gasteiger partial charge on any atom is 0.264 e. The molecule has 3 rings (SSSR count). The van der Waals surface area contributed by atoms with Gasteiger partial charge in [-0.15, -0.1) is 23.7 Å². The summed E-state index contributed by atoms with van der Waals surface area (Å²) < 4.78 is 0. The highest BCUT2D eigenvalue weighted by atomic mass is 35.5. The maximum absolute atomic E-state index is 13.1. The predicted octanol–water partition coefficient (Wildman–Crippen LogP) is 2.75. The molecule has 5 nitrogen and oxygen atoms in total. The van der Waals surface area contributed by atoms with Gasteiger partial charge in [-0.25, -0.2) is 0 Å². The Morgan fingerprint density at radius 3 is 2.64 bits per heavy atom. The van der Waals surface area contributed by atoms with Crippen LogP contribution in [0.15, 0.2) is 17.5 Å². The molecule has 1 aromatic rings. The van der Waals surface area contributed by atoms with E-state index in [0.717, 1.165) is 30.6 Å². The highest BCUT2D eigenvalue weighted by molar-refractivity contribution is 7.12. The third-order valence-corrected chi connectivity index (χ3v) is 6.26. The molecule has 3 heterocycles. The molecule has 2 atom stereocenters. The Morgan fingerprint density at radius 2 is 2.00 bits per heavy atom. The molecule has 2 amide bonds. The molecular weight excluding hydrogens is 358 g/mol. The molecule has 2 unspecified atom stereocenters. The molecule has 2 saturated heterocycles. The Bertz CT molecular complexity index is 605. The number of hydrogen-bond donors (Lipinski definition) is 1. The van der Waals surface area contributed by atoms with Gasteiger partial charge in [-0.05, 0) is 42.5 Å². The van der Waals surface area contributed by atoms with E-state index in [1.807, 2.05) is 22.4 Å². The van der Waals surface area contributed by atoms with Crippen LogP contribution < -0.4 is 5.73 Å². The summed E-state index contributed by atoms with van der Waals surface area (Å²) in [6.45, 7) is 6.27. The monoisotopic (exact) mass is 385 g/mol. The van der Waals surface area contributed by atoms with Crippen molar-refractivity contribution in [1.82, 2.24) is 9.80 Å². The van der Waals surface area contributed by atoms with Gasteiger partial charge in [-0.1, -0.05) is 19.9 Å². The molecule has 0 saturated carbocycles. The zero-order valence-corrected chi connectivity index (χ0v) is 16.6. The van der Waals surface area contributed by atoms with Crippen molar-refractivity contribution in [3.05, 3.63) is 22.4 Å². The second-order valence-corrected chi connectivity index (χ2v) is 8.58. The molecule has 0 radical (unpaired) electrons. The van der Waals surface area contributed by atoms with Gasteiger partial charge in [0.15, 0.2) is 0 Å². The van der Waals surface area contributed by atoms with Crippen LogP contribution in [0.1, 0.15) is 49.2 Å². The standard InChI is InChI=1S/C18H27N3O2S.ClH/c1-18(2)12-20(10-8-15(18)19)16(22)13-6-3-4-9-21(13)17(23)14-7-5-11-24-14;/h5,7,11,13,15H,3-4,6,8-10,12,19H2,1-2H3;1H. The lowest BCUT2D eigenvalue weighted by Gasteiger charge is -2.45. The number of hydrogen-bond acceptors (Lipinski definition) is 4. The molecule has 0 bridgehead atoms. The van der Waals surface area contributed by atoms with E-state index in [0.29, 0.717) is 19.6 Å². The van der Waals surface area contributed by atoms with E-state index in [9.17, 15) is 9.59 Å². The van der Waals surface area contributed by atoms with Gasteiger partial charge in [0.25, 0.3) is 5.91 Å². The van der Waals surface area contributed by atoms with Crippen molar-refractivity contribution in [3.8, 4) is 0 Å². The van der Waals surface area contributed by atoms with E-state index in [1.165, 1.54) is 11.3 Å². The fourth-order valence-electron chi connectivity index (χ4n) is 3.75. The van der Waals surface area contributed by atoms with E-state index in [1.54, 1.807) is 4.90 Å². The molecule has 1 aromatic heterocycles. The SMILES string of the molecule is CC1(C)CN(C(=O)C2CCCCN2C(=O)c2cccs2)CCC1N.Cl. The molecule has 2 fully saturated rings. The third-order valence-electron chi connectivity index (χ3n) is 5.40. The van der Waals surface area contributed by atoms with Crippen LogP contribution >= 0.6 is 23.7 Å². The molecule has 7 heteroatoms. The maximum atomic E-state index is 13.1. The Balaban J connectivity index is 0.00000225. The number of carbonyl (C=O) groups is 2. The Hall–Kier alpha value is -1.11. The van der Waals surface area contributed by atoms with Crippen molar-refractivity contribution >= 4 is 35.6 Å². The summed E-state index contributed by atoms with van der Waals surface area (Å²) in [6, 6.07) is 3.52. The number of likely N-dealkylation sites (tertiary alicyclic amines) is 2. The van der Waals surface area contributed by atoms with Crippen molar-refractivity contribution in [2.45, 2.75) is 51.6 Å². The minimum absolute atomic E-state index is 0. The third kappa shape index (κ3) is 4.18. The molecule has 140 valence electrons. The highest BCUT2D eigenvalue weighted by Crippen LogP contribution is 2.30. The summed E-state index contributed by atoms with van der Waals surface area (Å²) in [7, 11) is 0. The number of thiophene rings is 1. The summed E-state index contributed by atoms with van der Waals surface area (Å²) >= 11 is 1.44. The fraction of sp³-hybridized carbons (Fsp3) is 0.667. The van der Waals surface area contributed by atoms with Crippen LogP contribution in [0.2, 0.25) is 0 Å². The molecule has 0 aliphatic carbocycles. The van der Waals surface area contributed by atoms with Crippen molar-refractivity contribution in [1.29, 1.82) is 0 Å². The smallest absolute Gasteiger partial charge is 0.264 e. The van der Waals surface area contributed by atoms with Gasteiger partial charge in [-0.2, -0.15) is 0 Å². The van der Waals surface area contributed by atoms with E-state index in [-0.39, 0.29) is 41.7 Å². The highest BCUT2D eigenvalue weighted by Gasteiger charge is 2.40. The topological polar surface area (TPSA) is 66.6 Å². The minimum Gasteiger partial charge on any atom is -0.340 e. The summed E-state index contributed by atoms with van der Waals surface area (Å²) in [4.78, 5) is 30.3. The molecule has 2 aliphatic heterocycles. The van der Waals surface area contributed by atoms with Crippen molar-refractivity contribution in [3.63, 3.8) is 0 Å². The van der Waals surface area contributed by atoms with Gasteiger partial charge in [0, 0.05) is 25.7 Å². The number of carbonyl (C=O) groups excluding carboxylic acids is 2. The van der Waals surface area contributed by atoms with Gasteiger partial charge in [0.1, 0.15) is 6.04 Å². The summed E-state index contributed by atoms with van der Waals surface area (Å²) in [5.41, 5.74) is 6.11. The summed E-state index contributed by atoms with van der Waals surface area (Å²) in [5.74, 6) is 0.0932. The number of rotatable bonds is 2. The first kappa shape index (κ1) is 20.2. The van der Waals surface area contributed by atoms with Crippen LogP contribution in [0.5, 0.6) is 0 Å². The summed E-state index contributed by atoms with van der Waals surface area (Å²) in [5, 5.41) is 1.91. The van der Waals surface area contributed by atoms with Gasteiger partial charge < -0.3 is 15.5 Å². The second-order valence-electron chi connectivity index (χ2n) is 7.63. The van der Waals surface area contributed by atoms with Crippen LogP contribution in [0.3, 0.4) is 0 Å². The largest absolute Gasteiger partial charge is 0.340 e. The van der Waals surface area contributed by atoms with E-state index in [4.69, 9.17) is 5.73 Å². The first-order valence-corrected chi connectivity index (χ1v) is 9.67. The lowest BCUT2D eigenvalue weighted by molar-refractivity contribution is -0.140. The van der Waals surface area contributed by atoms with Crippen molar-refractivity contribution in [2.24, 2.45) is 11.1 Å². The van der Waals surface area contributed by atoms with Crippen molar-refractivity contribution < 1.29 is 9.59 Å². The predicted molar refractivity (Wildman–Crippen MR) is 103 cm³/mol. The number of nitrogens with zero attached hydrogens (tertiary/aromatic N) is 2. The fourth-order valence-corrected chi connectivity index (χ4v) is 4.42. The lowest BCUT2D eigenvalue weighted by atomic mass is 9.79. The van der Waals surface area contributed by atoms with Gasteiger partial charge in [0.2, 0.25) is 5.91 Å². The van der Waals surface area contributed by atoms with Crippen LogP contribution in [-0.4, -0.2) is 53.3 Å². The van der Waals surface area contributed by atoms with Crippen molar-refractivity contribution in [2.75, 3.05) is 19.6 Å². The average molecular weight is 386 g/mol. The zero-order chi connectivity index (χ0) is 17.3. The normalized spacial score (nSPS) is 26.0. The number of piperidine rings is 2. The number of nitrogens with two attached hydrogens (primary N) is 1. The molecule has 2 aliphatic rings. The quantitative estimate of drug-likeness (QED) is 0.851. The number of halogens is 1. The molecular formula is C18H28ClN3O2S. The first-order valence-electron chi connectivity index (χ1n) is 8.79. The minimum atomic E-state index is -0.321. The first-order chi connectivity index (χ1) is 11.4. The molecule has 0 spiro atoms. The van der Waals surface area contributed by atoms with Crippen LogP contribution in [0.25, 0.3) is 0 Å². The van der Waals surface area contributed by atoms with Crippen LogP contribution in [0, 0.1) is 5.41 Å². The lowest BCUT2D eigenvalue weighted by Crippen LogP contribution is -2.59. The van der Waals surface area contributed by atoms with Crippen LogP contribution in [-0.2, 0) is 4.79 Å². The Kier molecular flexibility index (Phi) is 6.51. The second kappa shape index (κ2) is 8.06. The Labute approximate surface area is 160 Å². The van der Waals surface area contributed by atoms with E-state index < -0.39 is 0 Å². The molecule has 25 heavy (non-hydrogen) atoms.